The van der Waals surface area contributed by atoms with Crippen molar-refractivity contribution in [2.45, 2.75) is 54.0 Å². The van der Waals surface area contributed by atoms with Crippen molar-refractivity contribution in [3.63, 3.8) is 0 Å². The van der Waals surface area contributed by atoms with Gasteiger partial charge in [0.1, 0.15) is 5.82 Å². The average Bonchev–Trinajstić information content (AvgIpc) is 3.53. The molecule has 2 atom stereocenters. The molecule has 150 valence electrons. The maximum atomic E-state index is 12.9. The fourth-order valence-corrected chi connectivity index (χ4v) is 5.17. The lowest BCUT2D eigenvalue weighted by molar-refractivity contribution is -0.137. The van der Waals surface area contributed by atoms with E-state index in [1.165, 1.54) is 6.07 Å². The summed E-state index contributed by atoms with van der Waals surface area (Å²) in [6.45, 7) is 0.206. The van der Waals surface area contributed by atoms with Crippen molar-refractivity contribution in [1.82, 2.24) is 9.97 Å². The molecule has 0 spiro atoms. The van der Waals surface area contributed by atoms with Crippen molar-refractivity contribution >= 4 is 9.84 Å². The molecule has 4 rings (SSSR count). The molecule has 1 saturated carbocycles. The Morgan fingerprint density at radius 1 is 1.07 bits per heavy atom. The SMILES string of the molecule is O=S(=O)(c1cccc(C(F)(F)F)c1)[C@@H]1CCOC(c2cnc(C3CC3)nc2)C1. The Labute approximate surface area is 160 Å². The summed E-state index contributed by atoms with van der Waals surface area (Å²) in [6, 6.07) is 3.90. The number of alkyl halides is 3. The zero-order chi connectivity index (χ0) is 19.9. The van der Waals surface area contributed by atoms with E-state index in [1.54, 1.807) is 12.4 Å². The molecule has 1 aliphatic heterocycles. The Morgan fingerprint density at radius 2 is 1.79 bits per heavy atom. The van der Waals surface area contributed by atoms with Gasteiger partial charge in [-0.2, -0.15) is 13.2 Å². The molecule has 2 aromatic rings. The molecule has 2 aliphatic rings. The van der Waals surface area contributed by atoms with Gasteiger partial charge in [0.2, 0.25) is 0 Å². The summed E-state index contributed by atoms with van der Waals surface area (Å²) in [5.41, 5.74) is -0.283. The number of sulfone groups is 1. The Kier molecular flexibility index (Phi) is 4.91. The average molecular weight is 412 g/mol. The van der Waals surface area contributed by atoms with E-state index in [0.29, 0.717) is 17.5 Å². The molecular weight excluding hydrogens is 393 g/mol. The van der Waals surface area contributed by atoms with Crippen LogP contribution in [0, 0.1) is 0 Å². The highest BCUT2D eigenvalue weighted by Crippen LogP contribution is 2.39. The van der Waals surface area contributed by atoms with E-state index in [0.717, 1.165) is 30.8 Å². The van der Waals surface area contributed by atoms with E-state index >= 15 is 0 Å². The summed E-state index contributed by atoms with van der Waals surface area (Å²) < 4.78 is 70.4. The van der Waals surface area contributed by atoms with Crippen molar-refractivity contribution in [1.29, 1.82) is 0 Å². The number of halogens is 3. The van der Waals surface area contributed by atoms with Crippen LogP contribution in [0.5, 0.6) is 0 Å². The molecule has 1 unspecified atom stereocenters. The lowest BCUT2D eigenvalue weighted by Crippen LogP contribution is -2.31. The van der Waals surface area contributed by atoms with Crippen LogP contribution in [0.25, 0.3) is 0 Å². The standard InChI is InChI=1S/C19H19F3N2O3S/c20-19(21,22)14-2-1-3-15(8-14)28(25,26)16-6-7-27-17(9-16)13-10-23-18(24-11-13)12-4-5-12/h1-3,8,10-12,16-17H,4-7,9H2/t16-,17?/m1/s1. The van der Waals surface area contributed by atoms with Gasteiger partial charge < -0.3 is 4.74 Å². The van der Waals surface area contributed by atoms with Crippen LogP contribution in [0.4, 0.5) is 13.2 Å². The predicted octanol–water partition coefficient (Wildman–Crippen LogP) is 4.07. The van der Waals surface area contributed by atoms with Crippen LogP contribution in [-0.4, -0.2) is 30.2 Å². The number of aromatic nitrogens is 2. The highest BCUT2D eigenvalue weighted by atomic mass is 32.2. The molecule has 0 amide bonds. The quantitative estimate of drug-likeness (QED) is 0.757. The van der Waals surface area contributed by atoms with E-state index in [-0.39, 0.29) is 24.3 Å². The van der Waals surface area contributed by atoms with Crippen LogP contribution in [-0.2, 0) is 20.8 Å². The molecule has 5 nitrogen and oxygen atoms in total. The number of nitrogens with zero attached hydrogens (tertiary/aromatic N) is 2. The second-order valence-corrected chi connectivity index (χ2v) is 9.45. The molecule has 0 N–H and O–H groups in total. The van der Waals surface area contributed by atoms with Crippen molar-refractivity contribution in [3.8, 4) is 0 Å². The Balaban J connectivity index is 1.55. The molecule has 1 aromatic carbocycles. The number of benzene rings is 1. The highest BCUT2D eigenvalue weighted by molar-refractivity contribution is 7.92. The third-order valence-corrected chi connectivity index (χ3v) is 7.39. The molecule has 1 aromatic heterocycles. The second-order valence-electron chi connectivity index (χ2n) is 7.23. The maximum Gasteiger partial charge on any atom is 0.416 e. The monoisotopic (exact) mass is 412 g/mol. The smallest absolute Gasteiger partial charge is 0.373 e. The van der Waals surface area contributed by atoms with Gasteiger partial charge >= 0.3 is 6.18 Å². The molecule has 2 fully saturated rings. The largest absolute Gasteiger partial charge is 0.416 e. The van der Waals surface area contributed by atoms with Crippen molar-refractivity contribution < 1.29 is 26.3 Å². The summed E-state index contributed by atoms with van der Waals surface area (Å²) in [6.07, 6.45) is 0.778. The van der Waals surface area contributed by atoms with Gasteiger partial charge in [0.05, 0.1) is 21.8 Å². The van der Waals surface area contributed by atoms with E-state index in [9.17, 15) is 21.6 Å². The number of ether oxygens (including phenoxy) is 1. The summed E-state index contributed by atoms with van der Waals surface area (Å²) in [4.78, 5) is 8.36. The molecular formula is C19H19F3N2O3S. The Morgan fingerprint density at radius 3 is 2.43 bits per heavy atom. The molecule has 1 aliphatic carbocycles. The van der Waals surface area contributed by atoms with Gasteiger partial charge in [0, 0.05) is 30.5 Å². The first-order valence-electron chi connectivity index (χ1n) is 9.10. The highest BCUT2D eigenvalue weighted by Gasteiger charge is 2.37. The van der Waals surface area contributed by atoms with E-state index in [2.05, 4.69) is 9.97 Å². The zero-order valence-electron chi connectivity index (χ0n) is 14.9. The van der Waals surface area contributed by atoms with Crippen LogP contribution in [0.15, 0.2) is 41.6 Å². The van der Waals surface area contributed by atoms with Gasteiger partial charge in [-0.3, -0.25) is 0 Å². The van der Waals surface area contributed by atoms with Gasteiger partial charge in [0.25, 0.3) is 0 Å². The van der Waals surface area contributed by atoms with Crippen LogP contribution >= 0.6 is 0 Å². The molecule has 1 saturated heterocycles. The van der Waals surface area contributed by atoms with E-state index in [4.69, 9.17) is 4.74 Å². The van der Waals surface area contributed by atoms with Gasteiger partial charge in [-0.1, -0.05) is 6.07 Å². The fraction of sp³-hybridized carbons (Fsp3) is 0.474. The van der Waals surface area contributed by atoms with Gasteiger partial charge in [-0.05, 0) is 43.9 Å². The molecule has 0 radical (unpaired) electrons. The minimum Gasteiger partial charge on any atom is -0.373 e. The van der Waals surface area contributed by atoms with Gasteiger partial charge in [-0.15, -0.1) is 0 Å². The topological polar surface area (TPSA) is 69.2 Å². The minimum atomic E-state index is -4.59. The van der Waals surface area contributed by atoms with Crippen LogP contribution < -0.4 is 0 Å². The summed E-state index contributed by atoms with van der Waals surface area (Å²) in [7, 11) is -3.92. The lowest BCUT2D eigenvalue weighted by atomic mass is 10.0. The molecule has 28 heavy (non-hydrogen) atoms. The van der Waals surface area contributed by atoms with Crippen molar-refractivity contribution in [2.24, 2.45) is 0 Å². The van der Waals surface area contributed by atoms with Gasteiger partial charge in [-0.25, -0.2) is 18.4 Å². The number of hydrogen-bond acceptors (Lipinski definition) is 5. The van der Waals surface area contributed by atoms with Gasteiger partial charge in [0.15, 0.2) is 9.84 Å². The molecule has 9 heteroatoms. The second kappa shape index (κ2) is 7.11. The number of rotatable bonds is 4. The summed E-state index contributed by atoms with van der Waals surface area (Å²) >= 11 is 0. The van der Waals surface area contributed by atoms with E-state index < -0.39 is 32.9 Å². The van der Waals surface area contributed by atoms with Crippen LogP contribution in [0.1, 0.15) is 54.7 Å². The van der Waals surface area contributed by atoms with Crippen molar-refractivity contribution in [2.75, 3.05) is 6.61 Å². The number of hydrogen-bond donors (Lipinski definition) is 0. The summed E-state index contributed by atoms with van der Waals surface area (Å²) in [5, 5.41) is -0.821. The fourth-order valence-electron chi connectivity index (χ4n) is 3.39. The van der Waals surface area contributed by atoms with E-state index in [1.807, 2.05) is 0 Å². The first-order valence-corrected chi connectivity index (χ1v) is 10.6. The molecule has 0 bridgehead atoms. The summed E-state index contributed by atoms with van der Waals surface area (Å²) in [5.74, 6) is 1.20. The lowest BCUT2D eigenvalue weighted by Gasteiger charge is -2.29. The Hall–Kier alpha value is -2.00. The minimum absolute atomic E-state index is 0.157. The first-order chi connectivity index (χ1) is 13.2. The Bertz CT molecular complexity index is 957. The molecule has 2 heterocycles. The third-order valence-electron chi connectivity index (χ3n) is 5.17. The van der Waals surface area contributed by atoms with Crippen LogP contribution in [0.3, 0.4) is 0 Å². The van der Waals surface area contributed by atoms with Crippen LogP contribution in [0.2, 0.25) is 0 Å². The maximum absolute atomic E-state index is 12.9. The zero-order valence-corrected chi connectivity index (χ0v) is 15.7. The normalized spacial score (nSPS) is 23.5. The van der Waals surface area contributed by atoms with Crippen molar-refractivity contribution in [3.05, 3.63) is 53.6 Å². The predicted molar refractivity (Wildman–Crippen MR) is 94.4 cm³/mol. The first kappa shape index (κ1) is 19.3. The third kappa shape index (κ3) is 3.91.